The first-order valence-corrected chi connectivity index (χ1v) is 9.19. The number of hydrogen-bond acceptors (Lipinski definition) is 7. The average molecular weight is 372 g/mol. The zero-order valence-corrected chi connectivity index (χ0v) is 15.5. The molecular weight excluding hydrogens is 352 g/mol. The fraction of sp³-hybridized carbons (Fsp3) is 0.190. The minimum Gasteiger partial charge on any atom is -0.439 e. The van der Waals surface area contributed by atoms with Crippen molar-refractivity contribution >= 4 is 17.0 Å². The molecule has 3 aromatic heterocycles. The monoisotopic (exact) mass is 372 g/mol. The SMILES string of the molecule is CCc1ccnc(Oc2ccc(CCNc3ncnc4nccnc34)cc2)c1. The van der Waals surface area contributed by atoms with Crippen molar-refractivity contribution in [2.45, 2.75) is 19.8 Å². The number of anilines is 1. The minimum atomic E-state index is 0.585. The Kier molecular flexibility index (Phi) is 5.33. The maximum absolute atomic E-state index is 5.84. The lowest BCUT2D eigenvalue weighted by molar-refractivity contribution is 0.462. The van der Waals surface area contributed by atoms with Gasteiger partial charge < -0.3 is 10.1 Å². The van der Waals surface area contributed by atoms with E-state index in [1.54, 1.807) is 18.6 Å². The third-order valence-corrected chi connectivity index (χ3v) is 4.33. The van der Waals surface area contributed by atoms with Gasteiger partial charge in [-0.25, -0.2) is 24.9 Å². The van der Waals surface area contributed by atoms with E-state index < -0.39 is 0 Å². The Morgan fingerprint density at radius 1 is 0.857 bits per heavy atom. The highest BCUT2D eigenvalue weighted by molar-refractivity contribution is 5.81. The van der Waals surface area contributed by atoms with Crippen molar-refractivity contribution in [2.75, 3.05) is 11.9 Å². The van der Waals surface area contributed by atoms with Crippen LogP contribution in [0, 0.1) is 0 Å². The van der Waals surface area contributed by atoms with Gasteiger partial charge in [0.25, 0.3) is 0 Å². The maximum atomic E-state index is 5.84. The molecule has 0 aliphatic heterocycles. The van der Waals surface area contributed by atoms with Gasteiger partial charge in [-0.1, -0.05) is 19.1 Å². The Balaban J connectivity index is 1.35. The predicted octanol–water partition coefficient (Wildman–Crippen LogP) is 3.82. The molecule has 0 radical (unpaired) electrons. The number of aryl methyl sites for hydroxylation is 1. The van der Waals surface area contributed by atoms with Gasteiger partial charge in [0.2, 0.25) is 5.88 Å². The van der Waals surface area contributed by atoms with E-state index in [1.165, 1.54) is 17.5 Å². The topological polar surface area (TPSA) is 85.7 Å². The fourth-order valence-electron chi connectivity index (χ4n) is 2.82. The Morgan fingerprint density at radius 3 is 2.57 bits per heavy atom. The van der Waals surface area contributed by atoms with Gasteiger partial charge in [-0.05, 0) is 42.2 Å². The molecule has 28 heavy (non-hydrogen) atoms. The Hall–Kier alpha value is -3.61. The summed E-state index contributed by atoms with van der Waals surface area (Å²) in [4.78, 5) is 21.1. The zero-order valence-electron chi connectivity index (χ0n) is 15.5. The molecule has 0 spiro atoms. The number of hydrogen-bond donors (Lipinski definition) is 1. The standard InChI is InChI=1S/C21H20N6O/c1-2-15-7-9-22-18(13-15)28-17-5-3-16(4-6-17)8-10-24-20-19-21(27-14-26-20)25-12-11-23-19/h3-7,9,11-14H,2,8,10H2,1H3,(H,24,25,26,27). The summed E-state index contributed by atoms with van der Waals surface area (Å²) < 4.78 is 5.84. The Bertz CT molecular complexity index is 1060. The third kappa shape index (κ3) is 4.20. The number of fused-ring (bicyclic) bond motifs is 1. The molecule has 4 rings (SSSR count). The van der Waals surface area contributed by atoms with Crippen molar-refractivity contribution < 1.29 is 4.74 Å². The van der Waals surface area contributed by atoms with Crippen molar-refractivity contribution in [1.29, 1.82) is 0 Å². The molecular formula is C21H20N6O. The van der Waals surface area contributed by atoms with Crippen molar-refractivity contribution in [3.05, 3.63) is 72.4 Å². The molecule has 0 amide bonds. The van der Waals surface area contributed by atoms with Crippen LogP contribution in [-0.2, 0) is 12.8 Å². The molecule has 0 aliphatic carbocycles. The molecule has 7 nitrogen and oxygen atoms in total. The first-order valence-electron chi connectivity index (χ1n) is 9.19. The highest BCUT2D eigenvalue weighted by Crippen LogP contribution is 2.21. The van der Waals surface area contributed by atoms with Crippen LogP contribution in [0.3, 0.4) is 0 Å². The molecule has 0 bridgehead atoms. The fourth-order valence-corrected chi connectivity index (χ4v) is 2.82. The predicted molar refractivity (Wildman–Crippen MR) is 107 cm³/mol. The quantitative estimate of drug-likeness (QED) is 0.528. The Labute approximate surface area is 162 Å². The van der Waals surface area contributed by atoms with Crippen molar-refractivity contribution in [3.63, 3.8) is 0 Å². The van der Waals surface area contributed by atoms with Crippen LogP contribution in [0.2, 0.25) is 0 Å². The van der Waals surface area contributed by atoms with E-state index >= 15 is 0 Å². The molecule has 7 heteroatoms. The van der Waals surface area contributed by atoms with E-state index in [1.807, 2.05) is 24.3 Å². The van der Waals surface area contributed by atoms with Gasteiger partial charge >= 0.3 is 0 Å². The molecule has 4 aromatic rings. The van der Waals surface area contributed by atoms with Crippen molar-refractivity contribution in [3.8, 4) is 11.6 Å². The molecule has 0 saturated carbocycles. The third-order valence-electron chi connectivity index (χ3n) is 4.33. The normalized spacial score (nSPS) is 10.8. The van der Waals surface area contributed by atoms with Crippen molar-refractivity contribution in [2.24, 2.45) is 0 Å². The lowest BCUT2D eigenvalue weighted by Crippen LogP contribution is -2.08. The molecule has 0 aliphatic rings. The minimum absolute atomic E-state index is 0.585. The first-order chi connectivity index (χ1) is 13.8. The van der Waals surface area contributed by atoms with Gasteiger partial charge in [0.15, 0.2) is 11.5 Å². The van der Waals surface area contributed by atoms with E-state index in [0.29, 0.717) is 22.9 Å². The van der Waals surface area contributed by atoms with Gasteiger partial charge in [0, 0.05) is 31.2 Å². The molecule has 3 heterocycles. The second-order valence-corrected chi connectivity index (χ2v) is 6.23. The first kappa shape index (κ1) is 17.8. The van der Waals surface area contributed by atoms with Crippen LogP contribution in [0.25, 0.3) is 11.2 Å². The van der Waals surface area contributed by atoms with E-state index in [9.17, 15) is 0 Å². The Morgan fingerprint density at radius 2 is 1.71 bits per heavy atom. The van der Waals surface area contributed by atoms with Gasteiger partial charge in [-0.3, -0.25) is 0 Å². The van der Waals surface area contributed by atoms with Gasteiger partial charge in [-0.15, -0.1) is 0 Å². The number of nitrogens with zero attached hydrogens (tertiary/aromatic N) is 5. The molecule has 0 fully saturated rings. The number of nitrogens with one attached hydrogen (secondary N) is 1. The van der Waals surface area contributed by atoms with Crippen LogP contribution in [-0.4, -0.2) is 31.5 Å². The largest absolute Gasteiger partial charge is 0.439 e. The number of rotatable bonds is 7. The highest BCUT2D eigenvalue weighted by atomic mass is 16.5. The van der Waals surface area contributed by atoms with Crippen molar-refractivity contribution in [1.82, 2.24) is 24.9 Å². The van der Waals surface area contributed by atoms with E-state index in [2.05, 4.69) is 49.3 Å². The van der Waals surface area contributed by atoms with Gasteiger partial charge in [0.1, 0.15) is 17.6 Å². The number of ether oxygens (including phenoxy) is 1. The van der Waals surface area contributed by atoms with Gasteiger partial charge in [-0.2, -0.15) is 0 Å². The van der Waals surface area contributed by atoms with E-state index in [0.717, 1.165) is 25.1 Å². The average Bonchev–Trinajstić information content (AvgIpc) is 2.75. The van der Waals surface area contributed by atoms with Crippen LogP contribution >= 0.6 is 0 Å². The van der Waals surface area contributed by atoms with Crippen LogP contribution in [0.15, 0.2) is 61.3 Å². The van der Waals surface area contributed by atoms with Gasteiger partial charge in [0.05, 0.1) is 0 Å². The molecule has 1 aromatic carbocycles. The molecule has 1 N–H and O–H groups in total. The molecule has 0 unspecified atom stereocenters. The number of aromatic nitrogens is 5. The smallest absolute Gasteiger partial charge is 0.219 e. The van der Waals surface area contributed by atoms with Crippen LogP contribution in [0.5, 0.6) is 11.6 Å². The summed E-state index contributed by atoms with van der Waals surface area (Å²) in [7, 11) is 0. The number of pyridine rings is 1. The summed E-state index contributed by atoms with van der Waals surface area (Å²) in [5.74, 6) is 2.08. The molecule has 0 atom stereocenters. The summed E-state index contributed by atoms with van der Waals surface area (Å²) >= 11 is 0. The summed E-state index contributed by atoms with van der Waals surface area (Å²) in [6, 6.07) is 12.0. The summed E-state index contributed by atoms with van der Waals surface area (Å²) in [5.41, 5.74) is 3.66. The molecule has 140 valence electrons. The van der Waals surface area contributed by atoms with E-state index in [4.69, 9.17) is 4.74 Å². The van der Waals surface area contributed by atoms with E-state index in [-0.39, 0.29) is 0 Å². The van der Waals surface area contributed by atoms with Crippen LogP contribution in [0.1, 0.15) is 18.1 Å². The summed E-state index contributed by atoms with van der Waals surface area (Å²) in [6.45, 7) is 2.84. The second kappa shape index (κ2) is 8.39. The lowest BCUT2D eigenvalue weighted by Gasteiger charge is -2.09. The van der Waals surface area contributed by atoms with Crippen LogP contribution < -0.4 is 10.1 Å². The molecule has 0 saturated heterocycles. The zero-order chi connectivity index (χ0) is 19.2. The summed E-state index contributed by atoms with van der Waals surface area (Å²) in [5, 5.41) is 3.31. The summed E-state index contributed by atoms with van der Waals surface area (Å²) in [6.07, 6.45) is 8.33. The van der Waals surface area contributed by atoms with Crippen LogP contribution in [0.4, 0.5) is 5.82 Å². The number of benzene rings is 1. The second-order valence-electron chi connectivity index (χ2n) is 6.23. The lowest BCUT2D eigenvalue weighted by atomic mass is 10.1. The maximum Gasteiger partial charge on any atom is 0.219 e. The highest BCUT2D eigenvalue weighted by Gasteiger charge is 2.05.